The third-order valence-corrected chi connectivity index (χ3v) is 1.12. The van der Waals surface area contributed by atoms with E-state index in [2.05, 4.69) is 10.3 Å². The lowest BCUT2D eigenvalue weighted by Gasteiger charge is -1.94. The van der Waals surface area contributed by atoms with Gasteiger partial charge in [0.1, 0.15) is 5.69 Å². The zero-order chi connectivity index (χ0) is 7.40. The lowest BCUT2D eigenvalue weighted by Crippen LogP contribution is -2.18. The van der Waals surface area contributed by atoms with E-state index in [1.165, 1.54) is 0 Å². The summed E-state index contributed by atoms with van der Waals surface area (Å²) in [7, 11) is 1.58. The molecule has 52 valence electrons. The second-order valence-corrected chi connectivity index (χ2v) is 1.79. The first kappa shape index (κ1) is 6.74. The van der Waals surface area contributed by atoms with Crippen molar-refractivity contribution in [1.29, 1.82) is 0 Å². The molecule has 0 atom stereocenters. The van der Waals surface area contributed by atoms with E-state index in [1.54, 1.807) is 31.4 Å². The molecular formula is C7H8N2O. The minimum atomic E-state index is -0.152. The average molecular weight is 136 g/mol. The van der Waals surface area contributed by atoms with Gasteiger partial charge in [0.25, 0.3) is 5.91 Å². The van der Waals surface area contributed by atoms with Gasteiger partial charge in [-0.05, 0) is 12.1 Å². The number of aromatic nitrogens is 1. The molecule has 0 fully saturated rings. The molecule has 0 bridgehead atoms. The summed E-state index contributed by atoms with van der Waals surface area (Å²) in [6.07, 6.45) is 1.59. The van der Waals surface area contributed by atoms with E-state index >= 15 is 0 Å². The monoisotopic (exact) mass is 136 g/mol. The van der Waals surface area contributed by atoms with E-state index in [0.29, 0.717) is 5.69 Å². The molecule has 0 spiro atoms. The molecule has 0 saturated heterocycles. The Morgan fingerprint density at radius 2 is 2.40 bits per heavy atom. The van der Waals surface area contributed by atoms with Crippen LogP contribution >= 0.6 is 0 Å². The van der Waals surface area contributed by atoms with Crippen LogP contribution in [0.15, 0.2) is 24.4 Å². The summed E-state index contributed by atoms with van der Waals surface area (Å²) >= 11 is 0. The number of rotatable bonds is 1. The predicted octanol–water partition coefficient (Wildman–Crippen LogP) is 0.441. The summed E-state index contributed by atoms with van der Waals surface area (Å²) < 4.78 is 0. The first-order chi connectivity index (χ1) is 4.84. The Morgan fingerprint density at radius 1 is 1.60 bits per heavy atom. The maximum Gasteiger partial charge on any atom is 0.269 e. The van der Waals surface area contributed by atoms with Crippen LogP contribution in [0.4, 0.5) is 0 Å². The number of nitrogens with zero attached hydrogens (tertiary/aromatic N) is 1. The summed E-state index contributed by atoms with van der Waals surface area (Å²) in [5.74, 6) is -0.152. The molecule has 3 nitrogen and oxygen atoms in total. The third-order valence-electron chi connectivity index (χ3n) is 1.12. The smallest absolute Gasteiger partial charge is 0.269 e. The fourth-order valence-corrected chi connectivity index (χ4v) is 0.625. The largest absolute Gasteiger partial charge is 0.354 e. The zero-order valence-electron chi connectivity index (χ0n) is 5.66. The maximum atomic E-state index is 10.8. The molecular weight excluding hydrogens is 128 g/mol. The molecule has 1 aromatic heterocycles. The van der Waals surface area contributed by atoms with Crippen LogP contribution in [0.5, 0.6) is 0 Å². The van der Waals surface area contributed by atoms with Gasteiger partial charge in [-0.1, -0.05) is 6.07 Å². The van der Waals surface area contributed by atoms with Crippen molar-refractivity contribution in [2.24, 2.45) is 0 Å². The van der Waals surface area contributed by atoms with Crippen LogP contribution in [0, 0.1) is 0 Å². The molecule has 0 radical (unpaired) electrons. The molecule has 1 aromatic rings. The number of hydrogen-bond acceptors (Lipinski definition) is 2. The quantitative estimate of drug-likeness (QED) is 0.608. The van der Waals surface area contributed by atoms with Crippen molar-refractivity contribution in [1.82, 2.24) is 10.3 Å². The van der Waals surface area contributed by atoms with E-state index in [1.807, 2.05) is 0 Å². The highest BCUT2D eigenvalue weighted by Crippen LogP contribution is 1.90. The second-order valence-electron chi connectivity index (χ2n) is 1.79. The summed E-state index contributed by atoms with van der Waals surface area (Å²) in [4.78, 5) is 14.7. The van der Waals surface area contributed by atoms with Crippen LogP contribution in [0.1, 0.15) is 10.5 Å². The van der Waals surface area contributed by atoms with Gasteiger partial charge in [0, 0.05) is 13.2 Å². The topological polar surface area (TPSA) is 42.0 Å². The molecule has 0 aliphatic carbocycles. The minimum Gasteiger partial charge on any atom is -0.354 e. The first-order valence-electron chi connectivity index (χ1n) is 2.97. The van der Waals surface area contributed by atoms with Gasteiger partial charge < -0.3 is 5.32 Å². The fraction of sp³-hybridized carbons (Fsp3) is 0.143. The molecule has 1 amide bonds. The Labute approximate surface area is 59.1 Å². The molecule has 1 rings (SSSR count). The third kappa shape index (κ3) is 1.31. The fourth-order valence-electron chi connectivity index (χ4n) is 0.625. The molecule has 0 unspecified atom stereocenters. The standard InChI is InChI=1S/C7H8N2O/c1-8-7(10)6-4-2-3-5-9-6/h2-5H,1H3,(H,8,10). The molecule has 0 saturated carbocycles. The Hall–Kier alpha value is -1.38. The Kier molecular flexibility index (Phi) is 1.99. The van der Waals surface area contributed by atoms with E-state index in [-0.39, 0.29) is 5.91 Å². The highest BCUT2D eigenvalue weighted by molar-refractivity contribution is 5.91. The SMILES string of the molecule is CNC(=O)c1ccccn1. The lowest BCUT2D eigenvalue weighted by molar-refractivity contribution is 0.0958. The second kappa shape index (κ2) is 2.96. The van der Waals surface area contributed by atoms with E-state index in [9.17, 15) is 4.79 Å². The first-order valence-corrected chi connectivity index (χ1v) is 2.97. The van der Waals surface area contributed by atoms with Crippen molar-refractivity contribution in [3.8, 4) is 0 Å². The number of nitrogens with one attached hydrogen (secondary N) is 1. The minimum absolute atomic E-state index is 0.152. The number of amides is 1. The van der Waals surface area contributed by atoms with E-state index < -0.39 is 0 Å². The van der Waals surface area contributed by atoms with Gasteiger partial charge in [-0.25, -0.2) is 0 Å². The molecule has 10 heavy (non-hydrogen) atoms. The molecule has 3 heteroatoms. The van der Waals surface area contributed by atoms with Gasteiger partial charge in [-0.2, -0.15) is 0 Å². The van der Waals surface area contributed by atoms with Crippen molar-refractivity contribution in [3.05, 3.63) is 30.1 Å². The van der Waals surface area contributed by atoms with Gasteiger partial charge in [-0.3, -0.25) is 9.78 Å². The van der Waals surface area contributed by atoms with E-state index in [0.717, 1.165) is 0 Å². The highest BCUT2D eigenvalue weighted by atomic mass is 16.1. The van der Waals surface area contributed by atoms with Gasteiger partial charge in [0.2, 0.25) is 0 Å². The van der Waals surface area contributed by atoms with Crippen LogP contribution in [-0.4, -0.2) is 17.9 Å². The lowest BCUT2D eigenvalue weighted by atomic mass is 10.3. The van der Waals surface area contributed by atoms with Gasteiger partial charge in [0.15, 0.2) is 0 Å². The Balaban J connectivity index is 2.85. The summed E-state index contributed by atoms with van der Waals surface area (Å²) in [6.45, 7) is 0. The summed E-state index contributed by atoms with van der Waals surface area (Å²) in [5, 5.41) is 2.48. The van der Waals surface area contributed by atoms with Crippen molar-refractivity contribution in [2.45, 2.75) is 0 Å². The van der Waals surface area contributed by atoms with Crippen LogP contribution in [0.3, 0.4) is 0 Å². The summed E-state index contributed by atoms with van der Waals surface area (Å²) in [6, 6.07) is 5.21. The van der Waals surface area contributed by atoms with Crippen LogP contribution in [-0.2, 0) is 0 Å². The van der Waals surface area contributed by atoms with Crippen molar-refractivity contribution < 1.29 is 4.79 Å². The van der Waals surface area contributed by atoms with Gasteiger partial charge in [-0.15, -0.1) is 0 Å². The van der Waals surface area contributed by atoms with Gasteiger partial charge in [0.05, 0.1) is 0 Å². The molecule has 1 N–H and O–H groups in total. The normalized spacial score (nSPS) is 8.90. The molecule has 0 aliphatic heterocycles. The number of carbonyl (C=O) groups is 1. The van der Waals surface area contributed by atoms with Crippen molar-refractivity contribution in [3.63, 3.8) is 0 Å². The maximum absolute atomic E-state index is 10.8. The number of hydrogen-bond donors (Lipinski definition) is 1. The predicted molar refractivity (Wildman–Crippen MR) is 37.6 cm³/mol. The molecule has 0 aromatic carbocycles. The molecule has 0 aliphatic rings. The van der Waals surface area contributed by atoms with Crippen LogP contribution in [0.25, 0.3) is 0 Å². The highest BCUT2D eigenvalue weighted by Gasteiger charge is 1.99. The van der Waals surface area contributed by atoms with Crippen molar-refractivity contribution in [2.75, 3.05) is 7.05 Å². The summed E-state index contributed by atoms with van der Waals surface area (Å²) in [5.41, 5.74) is 0.449. The van der Waals surface area contributed by atoms with E-state index in [4.69, 9.17) is 0 Å². The van der Waals surface area contributed by atoms with Gasteiger partial charge >= 0.3 is 0 Å². The van der Waals surface area contributed by atoms with Crippen molar-refractivity contribution >= 4 is 5.91 Å². The Bertz CT molecular complexity index is 220. The average Bonchev–Trinajstić information content (AvgIpc) is 2.05. The zero-order valence-corrected chi connectivity index (χ0v) is 5.66. The van der Waals surface area contributed by atoms with Crippen LogP contribution in [0.2, 0.25) is 0 Å². The number of carbonyl (C=O) groups excluding carboxylic acids is 1. The molecule has 1 heterocycles. The van der Waals surface area contributed by atoms with Crippen LogP contribution < -0.4 is 5.32 Å². The number of pyridine rings is 1. The Morgan fingerprint density at radius 3 is 2.90 bits per heavy atom.